The molecule has 1 aliphatic heterocycles. The van der Waals surface area contributed by atoms with Gasteiger partial charge in [0.1, 0.15) is 5.84 Å². The van der Waals surface area contributed by atoms with Gasteiger partial charge >= 0.3 is 0 Å². The summed E-state index contributed by atoms with van der Waals surface area (Å²) in [5.74, 6) is 0.571. The zero-order valence-electron chi connectivity index (χ0n) is 10.8. The van der Waals surface area contributed by atoms with Crippen LogP contribution < -0.4 is 10.6 Å². The van der Waals surface area contributed by atoms with Crippen molar-refractivity contribution in [2.24, 2.45) is 11.7 Å². The first-order chi connectivity index (χ1) is 8.61. The van der Waals surface area contributed by atoms with E-state index in [1.54, 1.807) is 0 Å². The molecule has 1 fully saturated rings. The smallest absolute Gasteiger partial charge is 0.122 e. The van der Waals surface area contributed by atoms with Gasteiger partial charge in [0.2, 0.25) is 0 Å². The van der Waals surface area contributed by atoms with Gasteiger partial charge in [-0.25, -0.2) is 0 Å². The van der Waals surface area contributed by atoms with Crippen LogP contribution in [0.4, 0.5) is 5.69 Å². The van der Waals surface area contributed by atoms with E-state index in [-0.39, 0.29) is 5.84 Å². The van der Waals surface area contributed by atoms with E-state index in [4.69, 9.17) is 16.2 Å². The van der Waals surface area contributed by atoms with Gasteiger partial charge in [0.15, 0.2) is 0 Å². The van der Waals surface area contributed by atoms with E-state index in [1.807, 2.05) is 18.2 Å². The highest BCUT2D eigenvalue weighted by Crippen LogP contribution is 2.26. The predicted molar refractivity (Wildman–Crippen MR) is 74.2 cm³/mol. The SMILES string of the molecule is Cc1cc(C(=N)N)ccc1N1CCC(CO)CC1. The molecular weight excluding hydrogens is 226 g/mol. The first-order valence-corrected chi connectivity index (χ1v) is 6.42. The number of nitrogens with one attached hydrogen (secondary N) is 1. The van der Waals surface area contributed by atoms with Crippen molar-refractivity contribution in [1.82, 2.24) is 0 Å². The average molecular weight is 247 g/mol. The lowest BCUT2D eigenvalue weighted by Crippen LogP contribution is -2.35. The van der Waals surface area contributed by atoms with Gasteiger partial charge in [-0.2, -0.15) is 0 Å². The molecule has 4 N–H and O–H groups in total. The van der Waals surface area contributed by atoms with Crippen molar-refractivity contribution in [2.75, 3.05) is 24.6 Å². The number of benzene rings is 1. The normalized spacial score (nSPS) is 16.9. The van der Waals surface area contributed by atoms with Gasteiger partial charge in [-0.15, -0.1) is 0 Å². The van der Waals surface area contributed by atoms with Gasteiger partial charge in [0.05, 0.1) is 0 Å². The fourth-order valence-corrected chi connectivity index (χ4v) is 2.53. The number of rotatable bonds is 3. The van der Waals surface area contributed by atoms with Gasteiger partial charge in [-0.1, -0.05) is 0 Å². The Bertz CT molecular complexity index is 437. The second kappa shape index (κ2) is 5.40. The molecule has 0 atom stereocenters. The Kier molecular flexibility index (Phi) is 3.87. The van der Waals surface area contributed by atoms with Gasteiger partial charge < -0.3 is 15.7 Å². The van der Waals surface area contributed by atoms with Crippen molar-refractivity contribution in [1.29, 1.82) is 5.41 Å². The molecular formula is C14H21N3O. The Morgan fingerprint density at radius 3 is 2.61 bits per heavy atom. The molecule has 0 aliphatic carbocycles. The monoisotopic (exact) mass is 247 g/mol. The largest absolute Gasteiger partial charge is 0.396 e. The summed E-state index contributed by atoms with van der Waals surface area (Å²) in [6.07, 6.45) is 2.09. The topological polar surface area (TPSA) is 73.3 Å². The number of nitrogen functional groups attached to an aromatic ring is 1. The molecule has 0 aromatic heterocycles. The van der Waals surface area contributed by atoms with E-state index in [9.17, 15) is 0 Å². The van der Waals surface area contributed by atoms with Crippen molar-refractivity contribution in [3.8, 4) is 0 Å². The molecule has 0 radical (unpaired) electrons. The zero-order chi connectivity index (χ0) is 13.1. The molecule has 0 unspecified atom stereocenters. The Morgan fingerprint density at radius 1 is 1.44 bits per heavy atom. The number of anilines is 1. The third-order valence-electron chi connectivity index (χ3n) is 3.72. The number of aryl methyl sites for hydroxylation is 1. The van der Waals surface area contributed by atoms with E-state index >= 15 is 0 Å². The minimum absolute atomic E-state index is 0.114. The summed E-state index contributed by atoms with van der Waals surface area (Å²) in [6.45, 7) is 4.34. The number of hydrogen-bond donors (Lipinski definition) is 3. The molecule has 1 aliphatic rings. The quantitative estimate of drug-likeness (QED) is 0.559. The summed E-state index contributed by atoms with van der Waals surface area (Å²) in [5.41, 5.74) is 8.64. The summed E-state index contributed by atoms with van der Waals surface area (Å²) in [6, 6.07) is 5.92. The average Bonchev–Trinajstić information content (AvgIpc) is 2.38. The van der Waals surface area contributed by atoms with Gasteiger partial charge in [0.25, 0.3) is 0 Å². The van der Waals surface area contributed by atoms with Crippen LogP contribution in [0.5, 0.6) is 0 Å². The molecule has 0 amide bonds. The van der Waals surface area contributed by atoms with E-state index in [0.29, 0.717) is 12.5 Å². The minimum atomic E-state index is 0.114. The van der Waals surface area contributed by atoms with Crippen LogP contribution in [0.15, 0.2) is 18.2 Å². The van der Waals surface area contributed by atoms with Crippen LogP contribution in [-0.4, -0.2) is 30.6 Å². The molecule has 2 rings (SSSR count). The lowest BCUT2D eigenvalue weighted by molar-refractivity contribution is 0.203. The molecule has 1 aromatic rings. The molecule has 4 heteroatoms. The van der Waals surface area contributed by atoms with Crippen LogP contribution >= 0.6 is 0 Å². The minimum Gasteiger partial charge on any atom is -0.396 e. The molecule has 0 bridgehead atoms. The standard InChI is InChI=1S/C14H21N3O/c1-10-8-12(14(15)16)2-3-13(10)17-6-4-11(9-18)5-7-17/h2-3,8,11,18H,4-7,9H2,1H3,(H3,15,16). The number of piperidine rings is 1. The fourth-order valence-electron chi connectivity index (χ4n) is 2.53. The van der Waals surface area contributed by atoms with Crippen molar-refractivity contribution in [3.63, 3.8) is 0 Å². The maximum atomic E-state index is 9.14. The molecule has 98 valence electrons. The summed E-state index contributed by atoms with van der Waals surface area (Å²) < 4.78 is 0. The first-order valence-electron chi connectivity index (χ1n) is 6.42. The van der Waals surface area contributed by atoms with Gasteiger partial charge in [-0.05, 0) is 49.4 Å². The maximum absolute atomic E-state index is 9.14. The van der Waals surface area contributed by atoms with E-state index in [0.717, 1.165) is 37.1 Å². The number of amidine groups is 1. The second-order valence-electron chi connectivity index (χ2n) is 5.03. The van der Waals surface area contributed by atoms with Crippen LogP contribution in [0.3, 0.4) is 0 Å². The molecule has 0 spiro atoms. The van der Waals surface area contributed by atoms with Crippen molar-refractivity contribution in [2.45, 2.75) is 19.8 Å². The number of nitrogens with two attached hydrogens (primary N) is 1. The summed E-state index contributed by atoms with van der Waals surface area (Å²) in [7, 11) is 0. The third-order valence-corrected chi connectivity index (χ3v) is 3.72. The van der Waals surface area contributed by atoms with Crippen LogP contribution in [0, 0.1) is 18.3 Å². The molecule has 1 aromatic carbocycles. The molecule has 4 nitrogen and oxygen atoms in total. The highest BCUT2D eigenvalue weighted by atomic mass is 16.3. The summed E-state index contributed by atoms with van der Waals surface area (Å²) in [5, 5.41) is 16.6. The maximum Gasteiger partial charge on any atom is 0.122 e. The highest BCUT2D eigenvalue weighted by Gasteiger charge is 2.19. The number of nitrogens with zero attached hydrogens (tertiary/aromatic N) is 1. The highest BCUT2D eigenvalue weighted by molar-refractivity contribution is 5.95. The lowest BCUT2D eigenvalue weighted by Gasteiger charge is -2.34. The lowest BCUT2D eigenvalue weighted by atomic mass is 9.96. The van der Waals surface area contributed by atoms with Crippen molar-refractivity contribution >= 4 is 11.5 Å². The van der Waals surface area contributed by atoms with Crippen LogP contribution in [0.25, 0.3) is 0 Å². The Hall–Kier alpha value is -1.55. The van der Waals surface area contributed by atoms with Gasteiger partial charge in [-0.3, -0.25) is 5.41 Å². The number of aliphatic hydroxyl groups excluding tert-OH is 1. The van der Waals surface area contributed by atoms with Crippen LogP contribution in [0.1, 0.15) is 24.0 Å². The van der Waals surface area contributed by atoms with E-state index in [2.05, 4.69) is 11.8 Å². The van der Waals surface area contributed by atoms with E-state index < -0.39 is 0 Å². The summed E-state index contributed by atoms with van der Waals surface area (Å²) in [4.78, 5) is 2.35. The van der Waals surface area contributed by atoms with E-state index in [1.165, 1.54) is 5.69 Å². The summed E-state index contributed by atoms with van der Waals surface area (Å²) >= 11 is 0. The van der Waals surface area contributed by atoms with Crippen molar-refractivity contribution in [3.05, 3.63) is 29.3 Å². The zero-order valence-corrected chi connectivity index (χ0v) is 10.8. The van der Waals surface area contributed by atoms with Gasteiger partial charge in [0, 0.05) is 30.9 Å². The molecule has 1 saturated heterocycles. The van der Waals surface area contributed by atoms with Crippen molar-refractivity contribution < 1.29 is 5.11 Å². The number of aliphatic hydroxyl groups is 1. The second-order valence-corrected chi connectivity index (χ2v) is 5.03. The Labute approximate surface area is 108 Å². The fraction of sp³-hybridized carbons (Fsp3) is 0.500. The molecule has 0 saturated carbocycles. The molecule has 1 heterocycles. The number of hydrogen-bond acceptors (Lipinski definition) is 3. The predicted octanol–water partition coefficient (Wildman–Crippen LogP) is 1.49. The van der Waals surface area contributed by atoms with Crippen LogP contribution in [0.2, 0.25) is 0 Å². The van der Waals surface area contributed by atoms with Crippen LogP contribution in [-0.2, 0) is 0 Å². The third kappa shape index (κ3) is 2.64. The Morgan fingerprint density at radius 2 is 2.11 bits per heavy atom. The Balaban J connectivity index is 2.12. The first kappa shape index (κ1) is 12.9. The molecule has 18 heavy (non-hydrogen) atoms.